The molecule has 0 saturated heterocycles. The Morgan fingerprint density at radius 1 is 0.325 bits per heavy atom. The molecule has 0 fully saturated rings. The number of hydrogen-bond acceptors (Lipinski definition) is 17. The summed E-state index contributed by atoms with van der Waals surface area (Å²) in [5, 5.41) is 2.89. The molecule has 8 aromatic rings. The largest absolute Gasteiger partial charge is 0.478 e. The SMILES string of the molecule is CCC(CC1COC(CC2=NC(c3ccc(C)c(Cl)c3)CO2)=N1)c1ccccc1.CCC(CC1COC(CC2=NC(c3cccc(C)c3C)CO2)=N1)c1ccccc1.CCN(CC1COC(CC2=NC(c3ccc(Cl)c(Cl)c3)CO2)=N1)c1ccccc1.Cc1cccc(C2COC(CC3=NC(c4ccc(Cl)c(Cl)c4)CO3)=N2)c1C. The summed E-state index contributed by atoms with van der Waals surface area (Å²) in [6.07, 6.45) is 6.25. The van der Waals surface area contributed by atoms with E-state index in [4.69, 9.17) is 126 Å². The lowest BCUT2D eigenvalue weighted by molar-refractivity contribution is 0.292. The maximum Gasteiger partial charge on any atom is 0.193 e. The van der Waals surface area contributed by atoms with Gasteiger partial charge in [-0.25, -0.2) is 39.9 Å². The highest BCUT2D eigenvalue weighted by Gasteiger charge is 2.33. The number of aryl methyl sites for hydroxylation is 3. The van der Waals surface area contributed by atoms with Crippen molar-refractivity contribution < 1.29 is 37.9 Å². The molecule has 596 valence electrons. The number of benzene rings is 8. The number of rotatable bonds is 25. The molecule has 0 bridgehead atoms. The molecule has 8 aliphatic heterocycles. The average molecular weight is 1640 g/mol. The summed E-state index contributed by atoms with van der Waals surface area (Å²) in [5.41, 5.74) is 15.7. The van der Waals surface area contributed by atoms with Gasteiger partial charge < -0.3 is 42.8 Å². The summed E-state index contributed by atoms with van der Waals surface area (Å²) in [7, 11) is 0. The van der Waals surface area contributed by atoms with E-state index >= 15 is 0 Å². The van der Waals surface area contributed by atoms with Crippen LogP contribution in [0.1, 0.15) is 181 Å². The second-order valence-electron chi connectivity index (χ2n) is 29.7. The van der Waals surface area contributed by atoms with Gasteiger partial charge >= 0.3 is 0 Å². The van der Waals surface area contributed by atoms with Crippen molar-refractivity contribution in [3.8, 4) is 0 Å². The van der Waals surface area contributed by atoms with E-state index < -0.39 is 0 Å². The number of ether oxygens (including phenoxy) is 8. The minimum Gasteiger partial charge on any atom is -0.478 e. The summed E-state index contributed by atoms with van der Waals surface area (Å²) in [4.78, 5) is 40.3. The number of hydrogen-bond donors (Lipinski definition) is 0. The van der Waals surface area contributed by atoms with Crippen LogP contribution in [-0.4, -0.2) is 131 Å². The van der Waals surface area contributed by atoms with E-state index in [1.807, 2.05) is 49.4 Å². The second-order valence-corrected chi connectivity index (χ2v) is 31.8. The highest BCUT2D eigenvalue weighted by Crippen LogP contribution is 2.37. The van der Waals surface area contributed by atoms with Crippen molar-refractivity contribution in [2.75, 3.05) is 70.8 Å². The Bertz CT molecular complexity index is 4740. The van der Waals surface area contributed by atoms with E-state index in [9.17, 15) is 0 Å². The van der Waals surface area contributed by atoms with Gasteiger partial charge in [-0.1, -0.05) is 211 Å². The first-order valence-electron chi connectivity index (χ1n) is 39.6. The van der Waals surface area contributed by atoms with Crippen molar-refractivity contribution in [1.82, 2.24) is 0 Å². The highest BCUT2D eigenvalue weighted by atomic mass is 35.5. The van der Waals surface area contributed by atoms with Gasteiger partial charge in [0, 0.05) is 23.8 Å². The van der Waals surface area contributed by atoms with Crippen molar-refractivity contribution in [1.29, 1.82) is 0 Å². The molecule has 17 nitrogen and oxygen atoms in total. The van der Waals surface area contributed by atoms with Gasteiger partial charge in [0.25, 0.3) is 0 Å². The van der Waals surface area contributed by atoms with Gasteiger partial charge in [0.2, 0.25) is 0 Å². The fraction of sp³-hybridized carbons (Fsp3) is 0.391. The Hall–Kier alpha value is -9.23. The lowest BCUT2D eigenvalue weighted by Crippen LogP contribution is -2.32. The number of nitrogens with zero attached hydrogens (tertiary/aromatic N) is 9. The van der Waals surface area contributed by atoms with E-state index in [2.05, 4.69) is 191 Å². The van der Waals surface area contributed by atoms with Crippen LogP contribution in [-0.2, 0) is 37.9 Å². The lowest BCUT2D eigenvalue weighted by atomic mass is 9.90. The molecular formula is C92H100Cl5N9O8. The van der Waals surface area contributed by atoms with E-state index in [1.165, 1.54) is 50.2 Å². The van der Waals surface area contributed by atoms with Crippen molar-refractivity contribution in [3.63, 3.8) is 0 Å². The summed E-state index contributed by atoms with van der Waals surface area (Å²) in [6, 6.07) is 62.1. The Labute approximate surface area is 695 Å². The standard InChI is InChI=1S/C25H30N2O2.C24H27ClN2O2.C22H23Cl2N3O2.C21H20Cl2N2O2/c1-4-19(20-10-6-5-7-11-20)13-21-15-28-24(26-21)14-25-27-23(16-29-25)22-12-8-9-17(2)18(22)3;1-3-17(18-7-5-4-6-8-18)11-20-14-28-23(26-20)13-24-27-22(15-29-24)19-10-9-16(2)21(25)12-19;1-2-27(17-6-4-3-5-7-17)12-16-13-28-21(25-16)11-22-26-20(14-29-22)15-8-9-18(23)19(24)10-15;1-12-4-3-5-15(13(12)2)19-11-27-21(25-19)9-20-24-18(10-26-20)14-6-7-16(22)17(23)8-14/h5-12,19,21,23H,4,13-16H2,1-3H3;4-10,12,17,20,22H,3,11,13-15H2,1-2H3;3-10,16,20H,2,11-14H2,1H3;3-8,18-19H,9-11H2,1-2H3. The van der Waals surface area contributed by atoms with Gasteiger partial charge in [0.05, 0.1) is 57.9 Å². The minimum absolute atomic E-state index is 0.0107. The highest BCUT2D eigenvalue weighted by molar-refractivity contribution is 6.42. The number of likely N-dealkylation sites (N-methyl/N-ethyl adjacent to an activating group) is 1. The van der Waals surface area contributed by atoms with Crippen molar-refractivity contribution in [3.05, 3.63) is 274 Å². The number of para-hydroxylation sites is 1. The van der Waals surface area contributed by atoms with Gasteiger partial charge in [0.1, 0.15) is 89.1 Å². The molecule has 16 rings (SSSR count). The van der Waals surface area contributed by atoms with Gasteiger partial charge in [-0.2, -0.15) is 0 Å². The van der Waals surface area contributed by atoms with Crippen molar-refractivity contribution >= 4 is 111 Å². The zero-order valence-electron chi connectivity index (χ0n) is 66.0. The molecule has 0 aromatic heterocycles. The molecule has 0 amide bonds. The first-order chi connectivity index (χ1) is 55.4. The van der Waals surface area contributed by atoms with E-state index in [0.29, 0.717) is 140 Å². The molecule has 8 aliphatic rings. The molecule has 114 heavy (non-hydrogen) atoms. The third-order valence-corrected chi connectivity index (χ3v) is 23.8. The normalized spacial score (nSPS) is 21.5. The maximum atomic E-state index is 6.25. The molecule has 22 heteroatoms. The van der Waals surface area contributed by atoms with Crippen LogP contribution < -0.4 is 4.90 Å². The van der Waals surface area contributed by atoms with Crippen LogP contribution >= 0.6 is 58.0 Å². The molecular weight excluding hydrogens is 1540 g/mol. The molecule has 0 N–H and O–H groups in total. The van der Waals surface area contributed by atoms with E-state index in [0.717, 1.165) is 83.7 Å². The zero-order valence-corrected chi connectivity index (χ0v) is 69.8. The Morgan fingerprint density at radius 3 is 1.04 bits per heavy atom. The van der Waals surface area contributed by atoms with Crippen molar-refractivity contribution in [2.24, 2.45) is 39.9 Å². The Balaban J connectivity index is 0.000000133. The quantitative estimate of drug-likeness (QED) is 0.0539. The number of aliphatic imine (C=N–C) groups is 8. The van der Waals surface area contributed by atoms with Crippen LogP contribution in [0.15, 0.2) is 222 Å². The molecule has 0 saturated carbocycles. The zero-order chi connectivity index (χ0) is 79.6. The van der Waals surface area contributed by atoms with Crippen LogP contribution in [0.4, 0.5) is 5.69 Å². The third kappa shape index (κ3) is 22.0. The van der Waals surface area contributed by atoms with Crippen LogP contribution in [0.25, 0.3) is 0 Å². The van der Waals surface area contributed by atoms with E-state index in [-0.39, 0.29) is 48.3 Å². The Kier molecular flexibility index (Phi) is 28.9. The molecule has 8 aromatic carbocycles. The molecule has 8 heterocycles. The predicted octanol–water partition coefficient (Wildman–Crippen LogP) is 22.3. The summed E-state index contributed by atoms with van der Waals surface area (Å²) < 4.78 is 46.5. The fourth-order valence-electron chi connectivity index (χ4n) is 15.0. The average Bonchev–Trinajstić information content (AvgIpc) is 1.66. The maximum absolute atomic E-state index is 6.25. The smallest absolute Gasteiger partial charge is 0.193 e. The van der Waals surface area contributed by atoms with Crippen molar-refractivity contribution in [2.45, 2.75) is 167 Å². The Morgan fingerprint density at radius 2 is 0.658 bits per heavy atom. The van der Waals surface area contributed by atoms with Gasteiger partial charge in [0.15, 0.2) is 47.2 Å². The molecule has 0 radical (unpaired) electrons. The minimum atomic E-state index is -0.0776. The van der Waals surface area contributed by atoms with Gasteiger partial charge in [-0.05, 0) is 188 Å². The second kappa shape index (κ2) is 39.9. The third-order valence-electron chi connectivity index (χ3n) is 21.9. The first-order valence-corrected chi connectivity index (χ1v) is 41.5. The monoisotopic (exact) mass is 1630 g/mol. The fourth-order valence-corrected chi connectivity index (χ4v) is 15.8. The summed E-state index contributed by atoms with van der Waals surface area (Å²) >= 11 is 30.4. The summed E-state index contributed by atoms with van der Waals surface area (Å²) in [5.74, 6) is 6.61. The molecule has 10 atom stereocenters. The summed E-state index contributed by atoms with van der Waals surface area (Å²) in [6.45, 7) is 23.5. The lowest BCUT2D eigenvalue weighted by Gasteiger charge is -2.24. The van der Waals surface area contributed by atoms with Gasteiger partial charge in [-0.15, -0.1) is 0 Å². The van der Waals surface area contributed by atoms with E-state index in [1.54, 1.807) is 12.1 Å². The topological polar surface area (TPSA) is 176 Å². The predicted molar refractivity (Wildman–Crippen MR) is 464 cm³/mol. The van der Waals surface area contributed by atoms with Crippen LogP contribution in [0.2, 0.25) is 25.1 Å². The van der Waals surface area contributed by atoms with Crippen LogP contribution in [0.3, 0.4) is 0 Å². The first kappa shape index (κ1) is 82.7. The van der Waals surface area contributed by atoms with Gasteiger partial charge in [-0.3, -0.25) is 0 Å². The molecule has 0 aliphatic carbocycles. The molecule has 0 spiro atoms. The van der Waals surface area contributed by atoms with Crippen LogP contribution in [0, 0.1) is 34.6 Å². The number of halogens is 5. The number of anilines is 1. The molecule has 10 unspecified atom stereocenters. The van der Waals surface area contributed by atoms with Crippen LogP contribution in [0.5, 0.6) is 0 Å².